The van der Waals surface area contributed by atoms with E-state index in [2.05, 4.69) is 21.2 Å². The molecule has 3 atom stereocenters. The Morgan fingerprint density at radius 3 is 2.53 bits per heavy atom. The molecule has 0 radical (unpaired) electrons. The number of rotatable bonds is 10. The van der Waals surface area contributed by atoms with Gasteiger partial charge >= 0.3 is 0 Å². The number of nitrogens with two attached hydrogens (primary N) is 1. The molecule has 3 N–H and O–H groups in total. The lowest BCUT2D eigenvalue weighted by Crippen LogP contribution is -2.57. The van der Waals surface area contributed by atoms with Gasteiger partial charge in [-0.15, -0.1) is 0 Å². The van der Waals surface area contributed by atoms with Crippen molar-refractivity contribution >= 4 is 5.91 Å². The highest BCUT2D eigenvalue weighted by Gasteiger charge is 2.40. The SMILES string of the molecule is N#Cc1ccc(OCCC(N)CN2C3CCC2CN(CC(=O)NCC2CC2)C3)cc1. The van der Waals surface area contributed by atoms with Gasteiger partial charge in [-0.3, -0.25) is 14.6 Å². The van der Waals surface area contributed by atoms with Gasteiger partial charge in [-0.1, -0.05) is 0 Å². The highest BCUT2D eigenvalue weighted by Crippen LogP contribution is 2.30. The van der Waals surface area contributed by atoms with Gasteiger partial charge in [0.15, 0.2) is 0 Å². The third-order valence-electron chi connectivity index (χ3n) is 6.55. The van der Waals surface area contributed by atoms with Gasteiger partial charge in [-0.05, 0) is 62.3 Å². The third-order valence-corrected chi connectivity index (χ3v) is 6.55. The zero-order valence-electron chi connectivity index (χ0n) is 17.6. The van der Waals surface area contributed by atoms with Crippen LogP contribution in [-0.4, -0.2) is 73.2 Å². The van der Waals surface area contributed by atoms with Crippen LogP contribution < -0.4 is 15.8 Å². The molecule has 2 aliphatic heterocycles. The molecule has 1 aliphatic carbocycles. The predicted molar refractivity (Wildman–Crippen MR) is 115 cm³/mol. The molecule has 7 nitrogen and oxygen atoms in total. The molecular formula is C23H33N5O2. The number of piperazine rings is 1. The van der Waals surface area contributed by atoms with Crippen molar-refractivity contribution in [2.75, 3.05) is 39.3 Å². The van der Waals surface area contributed by atoms with Gasteiger partial charge < -0.3 is 15.8 Å². The number of nitrogens with zero attached hydrogens (tertiary/aromatic N) is 3. The van der Waals surface area contributed by atoms with E-state index in [0.29, 0.717) is 30.8 Å². The summed E-state index contributed by atoms with van der Waals surface area (Å²) in [5.74, 6) is 1.67. The molecule has 2 saturated heterocycles. The van der Waals surface area contributed by atoms with E-state index in [9.17, 15) is 4.79 Å². The standard InChI is InChI=1S/C23H33N5O2/c24-11-17-3-7-22(8-4-17)30-10-9-19(25)13-28-20-5-6-21(28)15-27(14-20)16-23(29)26-12-18-1-2-18/h3-4,7-8,18-21H,1-2,5-6,9-10,12-16,25H2,(H,26,29). The molecule has 30 heavy (non-hydrogen) atoms. The van der Waals surface area contributed by atoms with Crippen LogP contribution in [0.1, 0.15) is 37.7 Å². The van der Waals surface area contributed by atoms with E-state index in [1.807, 2.05) is 12.1 Å². The van der Waals surface area contributed by atoms with Crippen molar-refractivity contribution in [1.82, 2.24) is 15.1 Å². The number of nitriles is 1. The van der Waals surface area contributed by atoms with E-state index >= 15 is 0 Å². The lowest BCUT2D eigenvalue weighted by Gasteiger charge is -2.41. The first-order chi connectivity index (χ1) is 14.6. The summed E-state index contributed by atoms with van der Waals surface area (Å²) in [6, 6.07) is 10.4. The van der Waals surface area contributed by atoms with Crippen molar-refractivity contribution in [3.05, 3.63) is 29.8 Å². The minimum Gasteiger partial charge on any atom is -0.494 e. The zero-order chi connectivity index (χ0) is 20.9. The fourth-order valence-corrected chi connectivity index (χ4v) is 4.66. The van der Waals surface area contributed by atoms with E-state index in [1.54, 1.807) is 12.1 Å². The minimum absolute atomic E-state index is 0.0693. The first kappa shape index (κ1) is 21.1. The van der Waals surface area contributed by atoms with Crippen molar-refractivity contribution in [3.8, 4) is 11.8 Å². The molecule has 1 aromatic rings. The summed E-state index contributed by atoms with van der Waals surface area (Å²) in [5.41, 5.74) is 7.05. The molecule has 2 bridgehead atoms. The first-order valence-corrected chi connectivity index (χ1v) is 11.2. The van der Waals surface area contributed by atoms with Crippen LogP contribution in [0.2, 0.25) is 0 Å². The predicted octanol–water partition coefficient (Wildman–Crippen LogP) is 1.33. The largest absolute Gasteiger partial charge is 0.494 e. The van der Waals surface area contributed by atoms with E-state index in [-0.39, 0.29) is 11.9 Å². The molecule has 4 rings (SSSR count). The molecular weight excluding hydrogens is 378 g/mol. The Hall–Kier alpha value is -2.14. The molecule has 3 fully saturated rings. The summed E-state index contributed by atoms with van der Waals surface area (Å²) >= 11 is 0. The maximum atomic E-state index is 12.2. The summed E-state index contributed by atoms with van der Waals surface area (Å²) in [7, 11) is 0. The Morgan fingerprint density at radius 1 is 1.20 bits per heavy atom. The van der Waals surface area contributed by atoms with Crippen molar-refractivity contribution in [1.29, 1.82) is 5.26 Å². The fourth-order valence-electron chi connectivity index (χ4n) is 4.66. The second-order valence-corrected chi connectivity index (χ2v) is 9.06. The molecule has 162 valence electrons. The van der Waals surface area contributed by atoms with Crippen LogP contribution in [0.5, 0.6) is 5.75 Å². The second kappa shape index (κ2) is 9.78. The van der Waals surface area contributed by atoms with Crippen molar-refractivity contribution in [2.24, 2.45) is 11.7 Å². The van der Waals surface area contributed by atoms with E-state index in [0.717, 1.165) is 44.3 Å². The van der Waals surface area contributed by atoms with Crippen LogP contribution >= 0.6 is 0 Å². The molecule has 2 heterocycles. The average Bonchev–Trinajstić information content (AvgIpc) is 3.54. The van der Waals surface area contributed by atoms with Crippen LogP contribution in [0.4, 0.5) is 0 Å². The number of fused-ring (bicyclic) bond motifs is 2. The highest BCUT2D eigenvalue weighted by molar-refractivity contribution is 5.78. The summed E-state index contributed by atoms with van der Waals surface area (Å²) in [6.07, 6.45) is 5.71. The summed E-state index contributed by atoms with van der Waals surface area (Å²) < 4.78 is 5.78. The van der Waals surface area contributed by atoms with Crippen molar-refractivity contribution in [2.45, 2.75) is 50.2 Å². The number of amides is 1. The maximum Gasteiger partial charge on any atom is 0.234 e. The molecule has 3 aliphatic rings. The smallest absolute Gasteiger partial charge is 0.234 e. The fraction of sp³-hybridized carbons (Fsp3) is 0.652. The second-order valence-electron chi connectivity index (χ2n) is 9.06. The molecule has 1 amide bonds. The van der Waals surface area contributed by atoms with Gasteiger partial charge in [0.1, 0.15) is 5.75 Å². The quantitative estimate of drug-likeness (QED) is 0.603. The topological polar surface area (TPSA) is 94.6 Å². The third kappa shape index (κ3) is 5.72. The van der Waals surface area contributed by atoms with Gasteiger partial charge in [0.25, 0.3) is 0 Å². The van der Waals surface area contributed by atoms with Crippen LogP contribution in [0.15, 0.2) is 24.3 Å². The van der Waals surface area contributed by atoms with E-state index in [4.69, 9.17) is 15.7 Å². The summed E-state index contributed by atoms with van der Waals surface area (Å²) in [5, 5.41) is 11.9. The summed E-state index contributed by atoms with van der Waals surface area (Å²) in [4.78, 5) is 17.1. The molecule has 0 spiro atoms. The molecule has 0 aromatic heterocycles. The number of nitrogens with one attached hydrogen (secondary N) is 1. The van der Waals surface area contributed by atoms with Gasteiger partial charge in [0.05, 0.1) is 24.8 Å². The Balaban J connectivity index is 1.16. The molecule has 1 saturated carbocycles. The number of hydrogen-bond donors (Lipinski definition) is 2. The minimum atomic E-state index is 0.0693. The Bertz CT molecular complexity index is 744. The normalized spacial score (nSPS) is 24.9. The van der Waals surface area contributed by atoms with Crippen molar-refractivity contribution < 1.29 is 9.53 Å². The number of carbonyl (C=O) groups is 1. The monoisotopic (exact) mass is 411 g/mol. The molecule has 1 aromatic carbocycles. The maximum absolute atomic E-state index is 12.2. The highest BCUT2D eigenvalue weighted by atomic mass is 16.5. The lowest BCUT2D eigenvalue weighted by atomic mass is 10.1. The van der Waals surface area contributed by atoms with E-state index < -0.39 is 0 Å². The number of carbonyl (C=O) groups excluding carboxylic acids is 1. The van der Waals surface area contributed by atoms with Crippen LogP contribution in [-0.2, 0) is 4.79 Å². The number of likely N-dealkylation sites (tertiary alicyclic amines) is 1. The number of benzene rings is 1. The Morgan fingerprint density at radius 2 is 1.90 bits per heavy atom. The van der Waals surface area contributed by atoms with Gasteiger partial charge in [0.2, 0.25) is 5.91 Å². The van der Waals surface area contributed by atoms with Gasteiger partial charge in [-0.25, -0.2) is 0 Å². The Labute approximate surface area is 179 Å². The van der Waals surface area contributed by atoms with Crippen molar-refractivity contribution in [3.63, 3.8) is 0 Å². The zero-order valence-corrected chi connectivity index (χ0v) is 17.6. The van der Waals surface area contributed by atoms with Gasteiger partial charge in [-0.2, -0.15) is 5.26 Å². The average molecular weight is 412 g/mol. The number of ether oxygens (including phenoxy) is 1. The van der Waals surface area contributed by atoms with Crippen LogP contribution in [0.3, 0.4) is 0 Å². The Kier molecular flexibility index (Phi) is 6.88. The number of hydrogen-bond acceptors (Lipinski definition) is 6. The van der Waals surface area contributed by atoms with Crippen LogP contribution in [0, 0.1) is 17.2 Å². The lowest BCUT2D eigenvalue weighted by molar-refractivity contribution is -0.123. The van der Waals surface area contributed by atoms with E-state index in [1.165, 1.54) is 25.7 Å². The molecule has 7 heteroatoms. The molecule has 3 unspecified atom stereocenters. The summed E-state index contributed by atoms with van der Waals surface area (Å²) in [6.45, 7) is 4.75. The first-order valence-electron chi connectivity index (χ1n) is 11.2. The van der Waals surface area contributed by atoms with Gasteiger partial charge in [0, 0.05) is 44.3 Å². The van der Waals surface area contributed by atoms with Crippen LogP contribution in [0.25, 0.3) is 0 Å².